The van der Waals surface area contributed by atoms with Gasteiger partial charge in [0.25, 0.3) is 0 Å². The molecular weight excluding hydrogens is 276 g/mol. The van der Waals surface area contributed by atoms with Crippen molar-refractivity contribution in [1.82, 2.24) is 5.32 Å². The zero-order valence-electron chi connectivity index (χ0n) is 11.1. The van der Waals surface area contributed by atoms with E-state index in [0.29, 0.717) is 11.3 Å². The van der Waals surface area contributed by atoms with Crippen molar-refractivity contribution in [2.45, 2.75) is 25.3 Å². The van der Waals surface area contributed by atoms with Crippen LogP contribution in [0.5, 0.6) is 0 Å². The molecule has 1 aliphatic heterocycles. The minimum Gasteiger partial charge on any atom is -0.481 e. The van der Waals surface area contributed by atoms with Crippen molar-refractivity contribution in [3.05, 3.63) is 29.8 Å². The van der Waals surface area contributed by atoms with Gasteiger partial charge in [-0.1, -0.05) is 18.2 Å². The summed E-state index contributed by atoms with van der Waals surface area (Å²) in [5.74, 6) is 1.18. The Morgan fingerprint density at radius 1 is 1.35 bits per heavy atom. The fraction of sp³-hybridized carbons (Fsp3) is 0.429. The summed E-state index contributed by atoms with van der Waals surface area (Å²) in [7, 11) is 0. The highest BCUT2D eigenvalue weighted by atomic mass is 32.2. The Hall–Kier alpha value is -1.69. The topological polar surface area (TPSA) is 78.4 Å². The molecule has 1 aliphatic rings. The van der Waals surface area contributed by atoms with E-state index in [1.165, 1.54) is 0 Å². The van der Waals surface area contributed by atoms with Gasteiger partial charge in [-0.3, -0.25) is 4.79 Å². The van der Waals surface area contributed by atoms with Crippen LogP contribution in [0, 0.1) is 0 Å². The molecule has 2 amide bonds. The maximum atomic E-state index is 11.9. The number of benzene rings is 1. The SMILES string of the molecule is O=C(O)Cc1ccccc1NC(=O)NC1CCCSC1. The number of carboxylic acids is 1. The molecule has 3 N–H and O–H groups in total. The maximum absolute atomic E-state index is 11.9. The van der Waals surface area contributed by atoms with E-state index in [1.54, 1.807) is 24.3 Å². The molecule has 108 valence electrons. The number of aliphatic carboxylic acids is 1. The predicted molar refractivity (Wildman–Crippen MR) is 80.3 cm³/mol. The van der Waals surface area contributed by atoms with Crippen molar-refractivity contribution in [3.63, 3.8) is 0 Å². The lowest BCUT2D eigenvalue weighted by Crippen LogP contribution is -2.41. The van der Waals surface area contributed by atoms with Crippen molar-refractivity contribution in [2.75, 3.05) is 16.8 Å². The highest BCUT2D eigenvalue weighted by Gasteiger charge is 2.16. The Labute approximate surface area is 122 Å². The summed E-state index contributed by atoms with van der Waals surface area (Å²) in [5, 5.41) is 14.5. The molecule has 0 spiro atoms. The Morgan fingerprint density at radius 2 is 2.15 bits per heavy atom. The number of rotatable bonds is 4. The van der Waals surface area contributed by atoms with Crippen molar-refractivity contribution < 1.29 is 14.7 Å². The molecule has 5 nitrogen and oxygen atoms in total. The zero-order valence-corrected chi connectivity index (χ0v) is 11.9. The van der Waals surface area contributed by atoms with E-state index < -0.39 is 5.97 Å². The smallest absolute Gasteiger partial charge is 0.319 e. The summed E-state index contributed by atoms with van der Waals surface area (Å²) in [6, 6.07) is 6.89. The molecule has 0 radical (unpaired) electrons. The molecule has 0 bridgehead atoms. The Balaban J connectivity index is 1.94. The molecule has 1 unspecified atom stereocenters. The molecule has 1 fully saturated rings. The number of thioether (sulfide) groups is 1. The number of hydrogen-bond donors (Lipinski definition) is 3. The van der Waals surface area contributed by atoms with Gasteiger partial charge in [0.05, 0.1) is 6.42 Å². The number of carbonyl (C=O) groups excluding carboxylic acids is 1. The number of nitrogens with one attached hydrogen (secondary N) is 2. The first-order valence-corrected chi connectivity index (χ1v) is 7.75. The molecular formula is C14H18N2O3S. The lowest BCUT2D eigenvalue weighted by Gasteiger charge is -2.22. The average Bonchev–Trinajstić information content (AvgIpc) is 2.41. The van der Waals surface area contributed by atoms with Gasteiger partial charge in [-0.15, -0.1) is 0 Å². The summed E-state index contributed by atoms with van der Waals surface area (Å²) in [6.07, 6.45) is 2.01. The van der Waals surface area contributed by atoms with Gasteiger partial charge in [0.1, 0.15) is 0 Å². The van der Waals surface area contributed by atoms with Crippen LogP contribution >= 0.6 is 11.8 Å². The van der Waals surface area contributed by atoms with Crippen LogP contribution in [-0.2, 0) is 11.2 Å². The normalized spacial score (nSPS) is 18.3. The number of urea groups is 1. The van der Waals surface area contributed by atoms with Gasteiger partial charge in [-0.2, -0.15) is 11.8 Å². The van der Waals surface area contributed by atoms with Crippen LogP contribution in [0.4, 0.5) is 10.5 Å². The molecule has 20 heavy (non-hydrogen) atoms. The molecule has 2 rings (SSSR count). The van der Waals surface area contributed by atoms with E-state index in [9.17, 15) is 9.59 Å². The van der Waals surface area contributed by atoms with Crippen LogP contribution < -0.4 is 10.6 Å². The Kier molecular flexibility index (Phi) is 5.29. The Morgan fingerprint density at radius 3 is 2.85 bits per heavy atom. The van der Waals surface area contributed by atoms with E-state index in [4.69, 9.17) is 5.11 Å². The number of hydrogen-bond acceptors (Lipinski definition) is 3. The lowest BCUT2D eigenvalue weighted by atomic mass is 10.1. The first-order valence-electron chi connectivity index (χ1n) is 6.60. The number of anilines is 1. The Bertz CT molecular complexity index is 487. The molecule has 0 saturated carbocycles. The fourth-order valence-electron chi connectivity index (χ4n) is 2.16. The summed E-state index contributed by atoms with van der Waals surface area (Å²) < 4.78 is 0. The van der Waals surface area contributed by atoms with Crippen molar-refractivity contribution >= 4 is 29.4 Å². The number of para-hydroxylation sites is 1. The van der Waals surface area contributed by atoms with Crippen LogP contribution in [0.15, 0.2) is 24.3 Å². The predicted octanol–water partition coefficient (Wildman–Crippen LogP) is 2.33. The van der Waals surface area contributed by atoms with Crippen LogP contribution in [0.2, 0.25) is 0 Å². The zero-order chi connectivity index (χ0) is 14.4. The van der Waals surface area contributed by atoms with Gasteiger partial charge < -0.3 is 15.7 Å². The molecule has 1 heterocycles. The van der Waals surface area contributed by atoms with Gasteiger partial charge in [0.15, 0.2) is 0 Å². The van der Waals surface area contributed by atoms with Crippen LogP contribution in [0.3, 0.4) is 0 Å². The van der Waals surface area contributed by atoms with E-state index in [-0.39, 0.29) is 18.5 Å². The third kappa shape index (κ3) is 4.45. The van der Waals surface area contributed by atoms with Crippen LogP contribution in [-0.4, -0.2) is 34.7 Å². The molecule has 1 aromatic rings. The van der Waals surface area contributed by atoms with E-state index in [0.717, 1.165) is 24.3 Å². The summed E-state index contributed by atoms with van der Waals surface area (Å²) in [5.41, 5.74) is 1.16. The molecule has 0 aliphatic carbocycles. The van der Waals surface area contributed by atoms with E-state index in [2.05, 4.69) is 10.6 Å². The maximum Gasteiger partial charge on any atom is 0.319 e. The largest absolute Gasteiger partial charge is 0.481 e. The van der Waals surface area contributed by atoms with Crippen LogP contribution in [0.1, 0.15) is 18.4 Å². The third-order valence-electron chi connectivity index (χ3n) is 3.10. The monoisotopic (exact) mass is 294 g/mol. The molecule has 6 heteroatoms. The molecule has 1 atom stereocenters. The van der Waals surface area contributed by atoms with E-state index >= 15 is 0 Å². The second-order valence-corrected chi connectivity index (χ2v) is 5.89. The van der Waals surface area contributed by atoms with Crippen molar-refractivity contribution in [3.8, 4) is 0 Å². The first kappa shape index (κ1) is 14.7. The number of carboxylic acid groups (broad SMARTS) is 1. The number of carbonyl (C=O) groups is 2. The standard InChI is InChI=1S/C14H18N2O3S/c17-13(18)8-10-4-1-2-6-12(10)16-14(19)15-11-5-3-7-20-9-11/h1-2,4,6,11H,3,5,7-9H2,(H,17,18)(H2,15,16,19). The average molecular weight is 294 g/mol. The molecule has 1 saturated heterocycles. The summed E-state index contributed by atoms with van der Waals surface area (Å²) >= 11 is 1.84. The molecule has 0 aromatic heterocycles. The van der Waals surface area contributed by atoms with Gasteiger partial charge in [-0.25, -0.2) is 4.79 Å². The van der Waals surface area contributed by atoms with Crippen LogP contribution in [0.25, 0.3) is 0 Å². The lowest BCUT2D eigenvalue weighted by molar-refractivity contribution is -0.136. The minimum atomic E-state index is -0.914. The van der Waals surface area contributed by atoms with E-state index in [1.807, 2.05) is 11.8 Å². The van der Waals surface area contributed by atoms with Gasteiger partial charge in [0, 0.05) is 17.5 Å². The molecule has 1 aromatic carbocycles. The fourth-order valence-corrected chi connectivity index (χ4v) is 3.23. The highest BCUT2D eigenvalue weighted by molar-refractivity contribution is 7.99. The van der Waals surface area contributed by atoms with Crippen molar-refractivity contribution in [2.24, 2.45) is 0 Å². The van der Waals surface area contributed by atoms with Crippen molar-refractivity contribution in [1.29, 1.82) is 0 Å². The van der Waals surface area contributed by atoms with Gasteiger partial charge >= 0.3 is 12.0 Å². The van der Waals surface area contributed by atoms with Gasteiger partial charge in [0.2, 0.25) is 0 Å². The second-order valence-electron chi connectivity index (χ2n) is 4.74. The summed E-state index contributed by atoms with van der Waals surface area (Å²) in [6.45, 7) is 0. The highest BCUT2D eigenvalue weighted by Crippen LogP contribution is 2.18. The first-order chi connectivity index (χ1) is 9.65. The summed E-state index contributed by atoms with van der Waals surface area (Å²) in [4.78, 5) is 22.7. The second kappa shape index (κ2) is 7.19. The quantitative estimate of drug-likeness (QED) is 0.796. The van der Waals surface area contributed by atoms with Gasteiger partial charge in [-0.05, 0) is 30.2 Å². The minimum absolute atomic E-state index is 0.101. The number of amides is 2. The third-order valence-corrected chi connectivity index (χ3v) is 4.32.